The van der Waals surface area contributed by atoms with Gasteiger partial charge in [0.15, 0.2) is 5.58 Å². The fourth-order valence-corrected chi connectivity index (χ4v) is 3.48. The van der Waals surface area contributed by atoms with Gasteiger partial charge in [-0.05, 0) is 13.0 Å². The fourth-order valence-electron chi connectivity index (χ4n) is 3.48. The van der Waals surface area contributed by atoms with Gasteiger partial charge < -0.3 is 14.5 Å². The summed E-state index contributed by atoms with van der Waals surface area (Å²) < 4.78 is 14.0. The molecule has 3 heterocycles. The molecular formula is C21H22N4O4. The average molecular weight is 394 g/mol. The molecule has 1 N–H and O–H groups in total. The van der Waals surface area contributed by atoms with Gasteiger partial charge in [0.25, 0.3) is 5.56 Å². The predicted octanol–water partition coefficient (Wildman–Crippen LogP) is 2.44. The number of amides is 1. The number of fused-ring (bicyclic) bond motifs is 3. The lowest BCUT2D eigenvalue weighted by molar-refractivity contribution is -0.122. The van der Waals surface area contributed by atoms with Gasteiger partial charge in [0, 0.05) is 30.7 Å². The van der Waals surface area contributed by atoms with Crippen molar-refractivity contribution in [1.29, 1.82) is 0 Å². The molecule has 0 aliphatic heterocycles. The average Bonchev–Trinajstić information content (AvgIpc) is 3.25. The number of hydrogen-bond acceptors (Lipinski definition) is 5. The van der Waals surface area contributed by atoms with E-state index in [1.807, 2.05) is 44.2 Å². The van der Waals surface area contributed by atoms with E-state index in [0.717, 1.165) is 16.8 Å². The molecule has 4 aromatic rings. The Hall–Kier alpha value is -3.55. The standard InChI is InChI=1S/C21H22N4O4/c1-4-19-23-24(12-20(26)22-11-14-7-5-6-8-17(14)28-3)21(27)16-10-18-15(25(16)19)9-13(2)29-18/h5-10H,4,11-12H2,1-3H3,(H,22,26). The van der Waals surface area contributed by atoms with Crippen LogP contribution in [0, 0.1) is 6.92 Å². The minimum absolute atomic E-state index is 0.164. The maximum Gasteiger partial charge on any atom is 0.291 e. The van der Waals surface area contributed by atoms with Gasteiger partial charge in [-0.3, -0.25) is 14.0 Å². The van der Waals surface area contributed by atoms with E-state index in [2.05, 4.69) is 10.4 Å². The zero-order valence-electron chi connectivity index (χ0n) is 16.6. The molecule has 1 aromatic carbocycles. The first-order valence-corrected chi connectivity index (χ1v) is 9.42. The monoisotopic (exact) mass is 394 g/mol. The number of carbonyl (C=O) groups excluding carboxylic acids is 1. The van der Waals surface area contributed by atoms with Crippen LogP contribution in [0.2, 0.25) is 0 Å². The molecule has 0 bridgehead atoms. The number of para-hydroxylation sites is 1. The van der Waals surface area contributed by atoms with Gasteiger partial charge in [-0.25, -0.2) is 4.68 Å². The van der Waals surface area contributed by atoms with Crippen LogP contribution in [-0.4, -0.2) is 27.2 Å². The Kier molecular flexibility index (Phi) is 4.84. The molecule has 29 heavy (non-hydrogen) atoms. The van der Waals surface area contributed by atoms with E-state index >= 15 is 0 Å². The van der Waals surface area contributed by atoms with Crippen molar-refractivity contribution >= 4 is 22.5 Å². The molecule has 8 heteroatoms. The van der Waals surface area contributed by atoms with Crippen molar-refractivity contribution in [3.8, 4) is 5.75 Å². The van der Waals surface area contributed by atoms with Crippen LogP contribution in [0.4, 0.5) is 0 Å². The highest BCUT2D eigenvalue weighted by molar-refractivity contribution is 5.83. The summed E-state index contributed by atoms with van der Waals surface area (Å²) in [6, 6.07) is 11.0. The van der Waals surface area contributed by atoms with Crippen LogP contribution >= 0.6 is 0 Å². The van der Waals surface area contributed by atoms with E-state index < -0.39 is 0 Å². The second kappa shape index (κ2) is 7.46. The van der Waals surface area contributed by atoms with E-state index in [1.165, 1.54) is 4.68 Å². The number of nitrogens with zero attached hydrogens (tertiary/aromatic N) is 3. The largest absolute Gasteiger partial charge is 0.496 e. The summed E-state index contributed by atoms with van der Waals surface area (Å²) in [6.07, 6.45) is 0.605. The maximum atomic E-state index is 12.9. The molecule has 0 atom stereocenters. The smallest absolute Gasteiger partial charge is 0.291 e. The van der Waals surface area contributed by atoms with Crippen LogP contribution in [-0.2, 0) is 24.3 Å². The molecule has 0 aliphatic carbocycles. The highest BCUT2D eigenvalue weighted by Gasteiger charge is 2.17. The van der Waals surface area contributed by atoms with Gasteiger partial charge in [0.2, 0.25) is 5.91 Å². The third-order valence-corrected chi connectivity index (χ3v) is 4.84. The molecule has 8 nitrogen and oxygen atoms in total. The Labute approximate surface area is 166 Å². The summed E-state index contributed by atoms with van der Waals surface area (Å²) in [5.74, 6) is 1.85. The molecule has 150 valence electrons. The number of furan rings is 1. The van der Waals surface area contributed by atoms with Gasteiger partial charge in [-0.1, -0.05) is 25.1 Å². The van der Waals surface area contributed by atoms with Crippen molar-refractivity contribution in [1.82, 2.24) is 19.5 Å². The van der Waals surface area contributed by atoms with Crippen molar-refractivity contribution in [3.63, 3.8) is 0 Å². The van der Waals surface area contributed by atoms with Gasteiger partial charge >= 0.3 is 0 Å². The van der Waals surface area contributed by atoms with Crippen LogP contribution in [0.25, 0.3) is 16.6 Å². The maximum absolute atomic E-state index is 12.9. The van der Waals surface area contributed by atoms with E-state index in [-0.39, 0.29) is 18.0 Å². The number of ether oxygens (including phenoxy) is 1. The van der Waals surface area contributed by atoms with Crippen LogP contribution in [0.15, 0.2) is 45.6 Å². The Morgan fingerprint density at radius 2 is 2.03 bits per heavy atom. The zero-order chi connectivity index (χ0) is 20.5. The third kappa shape index (κ3) is 3.37. The Morgan fingerprint density at radius 1 is 1.24 bits per heavy atom. The second-order valence-corrected chi connectivity index (χ2v) is 6.79. The molecule has 4 rings (SSSR count). The molecule has 3 aromatic heterocycles. The number of hydrogen-bond donors (Lipinski definition) is 1. The molecular weight excluding hydrogens is 372 g/mol. The number of aromatic nitrogens is 3. The van der Waals surface area contributed by atoms with E-state index in [9.17, 15) is 9.59 Å². The van der Waals surface area contributed by atoms with Crippen LogP contribution < -0.4 is 15.6 Å². The Bertz CT molecular complexity index is 1270. The summed E-state index contributed by atoms with van der Waals surface area (Å²) in [5, 5.41) is 7.24. The van der Waals surface area contributed by atoms with E-state index in [4.69, 9.17) is 9.15 Å². The number of benzene rings is 1. The minimum Gasteiger partial charge on any atom is -0.496 e. The van der Waals surface area contributed by atoms with Crippen LogP contribution in [0.3, 0.4) is 0 Å². The van der Waals surface area contributed by atoms with Gasteiger partial charge in [0.1, 0.15) is 29.4 Å². The quantitative estimate of drug-likeness (QED) is 0.542. The summed E-state index contributed by atoms with van der Waals surface area (Å²) >= 11 is 0. The SMILES string of the molecule is CCc1nn(CC(=O)NCc2ccccc2OC)c(=O)c2cc3oc(C)cc3n12. The lowest BCUT2D eigenvalue weighted by Gasteiger charge is -2.11. The molecule has 0 unspecified atom stereocenters. The Balaban J connectivity index is 1.61. The van der Waals surface area contributed by atoms with Gasteiger partial charge in [0.05, 0.1) is 12.6 Å². The van der Waals surface area contributed by atoms with Crippen molar-refractivity contribution in [3.05, 3.63) is 63.9 Å². The summed E-state index contributed by atoms with van der Waals surface area (Å²) in [5.41, 5.74) is 2.42. The molecule has 0 saturated heterocycles. The third-order valence-electron chi connectivity index (χ3n) is 4.84. The van der Waals surface area contributed by atoms with E-state index in [1.54, 1.807) is 17.6 Å². The summed E-state index contributed by atoms with van der Waals surface area (Å²) in [4.78, 5) is 25.4. The summed E-state index contributed by atoms with van der Waals surface area (Å²) in [6.45, 7) is 3.96. The number of carbonyl (C=O) groups is 1. The second-order valence-electron chi connectivity index (χ2n) is 6.79. The number of rotatable bonds is 6. The number of aryl methyl sites for hydroxylation is 2. The minimum atomic E-state index is -0.335. The van der Waals surface area contributed by atoms with Gasteiger partial charge in [-0.15, -0.1) is 0 Å². The van der Waals surface area contributed by atoms with Crippen LogP contribution in [0.1, 0.15) is 24.1 Å². The number of methoxy groups -OCH3 is 1. The molecule has 1 amide bonds. The highest BCUT2D eigenvalue weighted by Crippen LogP contribution is 2.23. The molecule has 0 radical (unpaired) electrons. The molecule has 0 aliphatic rings. The first-order valence-electron chi connectivity index (χ1n) is 9.42. The van der Waals surface area contributed by atoms with Crippen molar-refractivity contribution in [2.45, 2.75) is 33.4 Å². The topological polar surface area (TPSA) is 90.8 Å². The normalized spacial score (nSPS) is 11.3. The molecule has 0 spiro atoms. The van der Waals surface area contributed by atoms with E-state index in [0.29, 0.717) is 35.6 Å². The lowest BCUT2D eigenvalue weighted by Crippen LogP contribution is -2.35. The van der Waals surface area contributed by atoms with Crippen LogP contribution in [0.5, 0.6) is 5.75 Å². The van der Waals surface area contributed by atoms with Crippen molar-refractivity contribution in [2.24, 2.45) is 0 Å². The zero-order valence-corrected chi connectivity index (χ0v) is 16.6. The molecule has 0 fully saturated rings. The first-order chi connectivity index (χ1) is 14.0. The fraction of sp³-hybridized carbons (Fsp3) is 0.286. The first kappa shape index (κ1) is 18.8. The van der Waals surface area contributed by atoms with Gasteiger partial charge in [-0.2, -0.15) is 5.10 Å². The highest BCUT2D eigenvalue weighted by atomic mass is 16.5. The predicted molar refractivity (Wildman–Crippen MR) is 108 cm³/mol. The molecule has 0 saturated carbocycles. The number of nitrogens with one attached hydrogen (secondary N) is 1. The summed E-state index contributed by atoms with van der Waals surface area (Å²) in [7, 11) is 1.58. The Morgan fingerprint density at radius 3 is 2.79 bits per heavy atom. The van der Waals surface area contributed by atoms with Crippen molar-refractivity contribution < 1.29 is 13.9 Å². The van der Waals surface area contributed by atoms with Crippen molar-refractivity contribution in [2.75, 3.05) is 7.11 Å². The lowest BCUT2D eigenvalue weighted by atomic mass is 10.2.